The SMILES string of the molecule is O=S(=O)(c1ccc(-c2noc(C(F)(F)F)n2)cc1)[C@H]1CCN(CCc2ccccc2)C1. The molecular formula is C21H20F3N3O3S. The van der Waals surface area contributed by atoms with Gasteiger partial charge in [0.25, 0.3) is 0 Å². The van der Waals surface area contributed by atoms with E-state index in [4.69, 9.17) is 0 Å². The van der Waals surface area contributed by atoms with Crippen LogP contribution < -0.4 is 0 Å². The Morgan fingerprint density at radius 3 is 2.42 bits per heavy atom. The lowest BCUT2D eigenvalue weighted by molar-refractivity contribution is -0.159. The van der Waals surface area contributed by atoms with E-state index in [1.54, 1.807) is 0 Å². The van der Waals surface area contributed by atoms with Crippen molar-refractivity contribution in [2.45, 2.75) is 29.2 Å². The molecule has 2 heterocycles. The van der Waals surface area contributed by atoms with E-state index < -0.39 is 27.2 Å². The number of alkyl halides is 3. The van der Waals surface area contributed by atoms with Gasteiger partial charge in [0.15, 0.2) is 9.84 Å². The maximum absolute atomic E-state index is 13.0. The normalized spacial score (nSPS) is 17.8. The van der Waals surface area contributed by atoms with Gasteiger partial charge in [-0.2, -0.15) is 18.2 Å². The Balaban J connectivity index is 1.41. The van der Waals surface area contributed by atoms with Gasteiger partial charge in [-0.25, -0.2) is 8.42 Å². The lowest BCUT2D eigenvalue weighted by Gasteiger charge is -2.16. The van der Waals surface area contributed by atoms with Crippen LogP contribution in [-0.4, -0.2) is 48.3 Å². The summed E-state index contributed by atoms with van der Waals surface area (Å²) in [6, 6.07) is 15.5. The first-order valence-corrected chi connectivity index (χ1v) is 11.3. The Hall–Kier alpha value is -2.72. The standard InChI is InChI=1S/C21H20F3N3O3S/c22-21(23,24)20-25-19(26-30-20)16-6-8-17(9-7-16)31(28,29)18-11-13-27(14-18)12-10-15-4-2-1-3-5-15/h1-9,18H,10-14H2/t18-/m0/s1. The molecular weight excluding hydrogens is 431 g/mol. The number of sulfone groups is 1. The molecule has 6 nitrogen and oxygen atoms in total. The first-order chi connectivity index (χ1) is 14.7. The van der Waals surface area contributed by atoms with E-state index in [9.17, 15) is 21.6 Å². The van der Waals surface area contributed by atoms with Crippen LogP contribution in [0.3, 0.4) is 0 Å². The van der Waals surface area contributed by atoms with Crippen molar-refractivity contribution in [3.8, 4) is 11.4 Å². The van der Waals surface area contributed by atoms with E-state index in [1.807, 2.05) is 30.3 Å². The van der Waals surface area contributed by atoms with E-state index in [0.29, 0.717) is 19.5 Å². The Morgan fingerprint density at radius 1 is 1.06 bits per heavy atom. The highest BCUT2D eigenvalue weighted by Gasteiger charge is 2.38. The average Bonchev–Trinajstić information content (AvgIpc) is 3.43. The molecule has 1 aliphatic heterocycles. The molecule has 3 aromatic rings. The molecule has 1 fully saturated rings. The third-order valence-electron chi connectivity index (χ3n) is 5.34. The smallest absolute Gasteiger partial charge is 0.329 e. The monoisotopic (exact) mass is 451 g/mol. The van der Waals surface area contributed by atoms with E-state index in [-0.39, 0.29) is 16.3 Å². The van der Waals surface area contributed by atoms with Crippen LogP contribution in [0.5, 0.6) is 0 Å². The second kappa shape index (κ2) is 8.43. The zero-order valence-electron chi connectivity index (χ0n) is 16.4. The summed E-state index contributed by atoms with van der Waals surface area (Å²) < 4.78 is 68.1. The molecule has 164 valence electrons. The second-order valence-electron chi connectivity index (χ2n) is 7.44. The number of halogens is 3. The van der Waals surface area contributed by atoms with Crippen LogP contribution in [0.25, 0.3) is 11.4 Å². The van der Waals surface area contributed by atoms with Gasteiger partial charge < -0.3 is 9.42 Å². The number of likely N-dealkylation sites (tertiary alicyclic amines) is 1. The summed E-state index contributed by atoms with van der Waals surface area (Å²) in [7, 11) is -3.56. The minimum Gasteiger partial charge on any atom is -0.329 e. The van der Waals surface area contributed by atoms with Gasteiger partial charge >= 0.3 is 12.1 Å². The maximum atomic E-state index is 13.0. The molecule has 2 aromatic carbocycles. The summed E-state index contributed by atoms with van der Waals surface area (Å²) in [5.41, 5.74) is 1.45. The lowest BCUT2D eigenvalue weighted by atomic mass is 10.1. The molecule has 1 saturated heterocycles. The third kappa shape index (κ3) is 4.80. The molecule has 1 atom stereocenters. The Bertz CT molecular complexity index is 1130. The van der Waals surface area contributed by atoms with Gasteiger partial charge in [-0.15, -0.1) is 0 Å². The Kier molecular flexibility index (Phi) is 5.85. The second-order valence-corrected chi connectivity index (χ2v) is 9.67. The molecule has 0 bridgehead atoms. The molecule has 1 aromatic heterocycles. The summed E-state index contributed by atoms with van der Waals surface area (Å²) in [6.45, 7) is 1.95. The minimum atomic E-state index is -4.73. The van der Waals surface area contributed by atoms with Gasteiger partial charge in [-0.05, 0) is 49.2 Å². The first kappa shape index (κ1) is 21.5. The molecule has 0 saturated carbocycles. The van der Waals surface area contributed by atoms with E-state index in [1.165, 1.54) is 29.8 Å². The van der Waals surface area contributed by atoms with Crippen LogP contribution in [0, 0.1) is 0 Å². The molecule has 31 heavy (non-hydrogen) atoms. The van der Waals surface area contributed by atoms with Crippen LogP contribution in [0.4, 0.5) is 13.2 Å². The molecule has 10 heteroatoms. The molecule has 4 rings (SSSR count). The highest BCUT2D eigenvalue weighted by atomic mass is 32.2. The van der Waals surface area contributed by atoms with Crippen molar-refractivity contribution in [3.05, 3.63) is 66.1 Å². The number of aromatic nitrogens is 2. The number of hydrogen-bond donors (Lipinski definition) is 0. The fourth-order valence-electron chi connectivity index (χ4n) is 3.63. The molecule has 1 aliphatic rings. The summed E-state index contributed by atoms with van der Waals surface area (Å²) in [6.07, 6.45) is -3.34. The van der Waals surface area contributed by atoms with E-state index >= 15 is 0 Å². The van der Waals surface area contributed by atoms with Crippen molar-refractivity contribution in [1.82, 2.24) is 15.0 Å². The van der Waals surface area contributed by atoms with Gasteiger partial charge in [0, 0.05) is 18.7 Å². The van der Waals surface area contributed by atoms with E-state index in [2.05, 4.69) is 19.6 Å². The number of nitrogens with zero attached hydrogens (tertiary/aromatic N) is 3. The van der Waals surface area contributed by atoms with Crippen molar-refractivity contribution in [3.63, 3.8) is 0 Å². The zero-order chi connectivity index (χ0) is 22.1. The molecule has 0 N–H and O–H groups in total. The number of hydrogen-bond acceptors (Lipinski definition) is 6. The van der Waals surface area contributed by atoms with Crippen molar-refractivity contribution in [2.75, 3.05) is 19.6 Å². The summed E-state index contributed by atoms with van der Waals surface area (Å²) in [5, 5.41) is 2.80. The van der Waals surface area contributed by atoms with Crippen molar-refractivity contribution in [2.24, 2.45) is 0 Å². The Morgan fingerprint density at radius 2 is 1.77 bits per heavy atom. The van der Waals surface area contributed by atoms with Gasteiger partial charge in [0.2, 0.25) is 5.82 Å². The number of rotatable bonds is 6. The number of benzene rings is 2. The van der Waals surface area contributed by atoms with Crippen molar-refractivity contribution in [1.29, 1.82) is 0 Å². The average molecular weight is 451 g/mol. The predicted octanol–water partition coefficient (Wildman–Crippen LogP) is 3.85. The molecule has 0 amide bonds. The largest absolute Gasteiger partial charge is 0.471 e. The topological polar surface area (TPSA) is 76.3 Å². The van der Waals surface area contributed by atoms with Gasteiger partial charge in [-0.1, -0.05) is 35.5 Å². The van der Waals surface area contributed by atoms with Crippen LogP contribution in [0.2, 0.25) is 0 Å². The Labute approximate surface area is 177 Å². The predicted molar refractivity (Wildman–Crippen MR) is 107 cm³/mol. The van der Waals surface area contributed by atoms with Crippen molar-refractivity contribution >= 4 is 9.84 Å². The molecule has 0 spiro atoms. The molecule has 0 aliphatic carbocycles. The molecule has 0 radical (unpaired) electrons. The lowest BCUT2D eigenvalue weighted by Crippen LogP contribution is -2.28. The summed E-state index contributed by atoms with van der Waals surface area (Å²) in [5.74, 6) is -1.69. The van der Waals surface area contributed by atoms with Crippen LogP contribution in [-0.2, 0) is 22.4 Å². The third-order valence-corrected chi connectivity index (χ3v) is 7.53. The van der Waals surface area contributed by atoms with Crippen LogP contribution >= 0.6 is 0 Å². The van der Waals surface area contributed by atoms with Gasteiger partial charge in [-0.3, -0.25) is 0 Å². The highest BCUT2D eigenvalue weighted by Crippen LogP contribution is 2.30. The van der Waals surface area contributed by atoms with Gasteiger partial charge in [0.05, 0.1) is 10.1 Å². The fourth-order valence-corrected chi connectivity index (χ4v) is 5.35. The highest BCUT2D eigenvalue weighted by molar-refractivity contribution is 7.92. The first-order valence-electron chi connectivity index (χ1n) is 9.75. The quantitative estimate of drug-likeness (QED) is 0.567. The maximum Gasteiger partial charge on any atom is 0.471 e. The molecule has 0 unspecified atom stereocenters. The van der Waals surface area contributed by atoms with Gasteiger partial charge in [0.1, 0.15) is 0 Å². The minimum absolute atomic E-state index is 0.130. The zero-order valence-corrected chi connectivity index (χ0v) is 17.2. The van der Waals surface area contributed by atoms with Crippen LogP contribution in [0.15, 0.2) is 64.0 Å². The summed E-state index contributed by atoms with van der Waals surface area (Å²) >= 11 is 0. The fraction of sp³-hybridized carbons (Fsp3) is 0.333. The van der Waals surface area contributed by atoms with Crippen LogP contribution in [0.1, 0.15) is 17.9 Å². The van der Waals surface area contributed by atoms with E-state index in [0.717, 1.165) is 13.0 Å². The summed E-state index contributed by atoms with van der Waals surface area (Å²) in [4.78, 5) is 5.59. The van der Waals surface area contributed by atoms with Crippen molar-refractivity contribution < 1.29 is 26.1 Å².